The highest BCUT2D eigenvalue weighted by Crippen LogP contribution is 2.26. The van der Waals surface area contributed by atoms with E-state index in [9.17, 15) is 9.59 Å². The number of aryl methyl sites for hydroxylation is 3. The van der Waals surface area contributed by atoms with E-state index in [2.05, 4.69) is 4.98 Å². The SMILES string of the molecule is Cc1ccc(C)c(OCC2Cn3c(nc4c(=O)n(C)c(=O)n(C)c43)O2)c1. The minimum atomic E-state index is -0.420. The van der Waals surface area contributed by atoms with E-state index in [0.29, 0.717) is 24.8 Å². The van der Waals surface area contributed by atoms with Gasteiger partial charge in [0.15, 0.2) is 17.3 Å². The first kappa shape index (κ1) is 16.4. The summed E-state index contributed by atoms with van der Waals surface area (Å²) >= 11 is 0. The first-order chi connectivity index (χ1) is 12.4. The number of hydrogen-bond donors (Lipinski definition) is 0. The molecule has 0 saturated carbocycles. The van der Waals surface area contributed by atoms with Crippen molar-refractivity contribution < 1.29 is 9.47 Å². The second-order valence-electron chi connectivity index (χ2n) is 6.70. The second kappa shape index (κ2) is 5.76. The van der Waals surface area contributed by atoms with E-state index >= 15 is 0 Å². The van der Waals surface area contributed by atoms with Gasteiger partial charge < -0.3 is 9.47 Å². The average Bonchev–Trinajstić information content (AvgIpc) is 3.16. The fraction of sp³-hybridized carbons (Fsp3) is 0.389. The lowest BCUT2D eigenvalue weighted by molar-refractivity contribution is 0.143. The molecular weight excluding hydrogens is 336 g/mol. The van der Waals surface area contributed by atoms with E-state index in [1.54, 1.807) is 11.6 Å². The third kappa shape index (κ3) is 2.40. The molecule has 1 atom stereocenters. The smallest absolute Gasteiger partial charge is 0.332 e. The highest BCUT2D eigenvalue weighted by atomic mass is 16.6. The van der Waals surface area contributed by atoms with Gasteiger partial charge in [0, 0.05) is 14.1 Å². The molecule has 3 heterocycles. The number of rotatable bonds is 3. The van der Waals surface area contributed by atoms with Gasteiger partial charge in [-0.25, -0.2) is 4.79 Å². The van der Waals surface area contributed by atoms with Crippen LogP contribution in [0, 0.1) is 13.8 Å². The number of ether oxygens (including phenoxy) is 2. The van der Waals surface area contributed by atoms with E-state index in [1.807, 2.05) is 32.0 Å². The minimum Gasteiger partial charge on any atom is -0.489 e. The zero-order valence-corrected chi connectivity index (χ0v) is 15.1. The third-order valence-electron chi connectivity index (χ3n) is 4.73. The molecule has 1 aliphatic rings. The molecule has 2 aromatic heterocycles. The summed E-state index contributed by atoms with van der Waals surface area (Å²) < 4.78 is 16.0. The largest absolute Gasteiger partial charge is 0.489 e. The maximum Gasteiger partial charge on any atom is 0.332 e. The lowest BCUT2D eigenvalue weighted by Crippen LogP contribution is -2.37. The number of nitrogens with zero attached hydrogens (tertiary/aromatic N) is 4. The number of fused-ring (bicyclic) bond motifs is 3. The van der Waals surface area contributed by atoms with Gasteiger partial charge in [0.05, 0.1) is 6.54 Å². The topological polar surface area (TPSA) is 80.3 Å². The maximum absolute atomic E-state index is 12.3. The van der Waals surface area contributed by atoms with Gasteiger partial charge in [-0.1, -0.05) is 12.1 Å². The van der Waals surface area contributed by atoms with Crippen molar-refractivity contribution in [1.82, 2.24) is 18.7 Å². The van der Waals surface area contributed by atoms with E-state index < -0.39 is 5.56 Å². The molecule has 3 aromatic rings. The van der Waals surface area contributed by atoms with Crippen LogP contribution >= 0.6 is 0 Å². The minimum absolute atomic E-state index is 0.235. The summed E-state index contributed by atoms with van der Waals surface area (Å²) in [7, 11) is 3.06. The van der Waals surface area contributed by atoms with Crippen molar-refractivity contribution in [3.8, 4) is 11.8 Å². The molecule has 26 heavy (non-hydrogen) atoms. The Morgan fingerprint density at radius 2 is 2.00 bits per heavy atom. The average molecular weight is 356 g/mol. The Bertz CT molecular complexity index is 1140. The molecule has 0 amide bonds. The number of aromatic nitrogens is 4. The molecule has 0 radical (unpaired) electrons. The van der Waals surface area contributed by atoms with Crippen LogP contribution in [0.2, 0.25) is 0 Å². The van der Waals surface area contributed by atoms with Gasteiger partial charge in [-0.05, 0) is 31.0 Å². The number of imidazole rings is 1. The fourth-order valence-electron chi connectivity index (χ4n) is 3.25. The van der Waals surface area contributed by atoms with Crippen molar-refractivity contribution in [2.24, 2.45) is 14.1 Å². The van der Waals surface area contributed by atoms with Gasteiger partial charge >= 0.3 is 5.69 Å². The molecule has 0 spiro atoms. The summed E-state index contributed by atoms with van der Waals surface area (Å²) in [6, 6.07) is 6.39. The van der Waals surface area contributed by atoms with Crippen LogP contribution in [0.4, 0.5) is 0 Å². The van der Waals surface area contributed by atoms with Gasteiger partial charge in [0.25, 0.3) is 11.6 Å². The highest BCUT2D eigenvalue weighted by Gasteiger charge is 2.30. The Morgan fingerprint density at radius 1 is 1.23 bits per heavy atom. The lowest BCUT2D eigenvalue weighted by atomic mass is 10.1. The van der Waals surface area contributed by atoms with Gasteiger partial charge in [0.2, 0.25) is 0 Å². The van der Waals surface area contributed by atoms with Crippen molar-refractivity contribution >= 4 is 11.2 Å². The predicted molar refractivity (Wildman–Crippen MR) is 96.0 cm³/mol. The van der Waals surface area contributed by atoms with Crippen LogP contribution in [0.3, 0.4) is 0 Å². The van der Waals surface area contributed by atoms with Crippen molar-refractivity contribution in [2.75, 3.05) is 6.61 Å². The van der Waals surface area contributed by atoms with Crippen LogP contribution in [0.5, 0.6) is 11.8 Å². The standard InChI is InChI=1S/C18H20N4O4/c1-10-5-6-11(2)13(7-10)25-9-12-8-22-15-14(19-17(22)26-12)16(23)21(4)18(24)20(15)3/h5-7,12H,8-9H2,1-4H3. The van der Waals surface area contributed by atoms with Crippen molar-refractivity contribution in [1.29, 1.82) is 0 Å². The monoisotopic (exact) mass is 356 g/mol. The summed E-state index contributed by atoms with van der Waals surface area (Å²) in [5.41, 5.74) is 2.09. The molecule has 0 N–H and O–H groups in total. The summed E-state index contributed by atoms with van der Waals surface area (Å²) in [6.07, 6.45) is -0.235. The zero-order chi connectivity index (χ0) is 18.6. The zero-order valence-electron chi connectivity index (χ0n) is 15.1. The Labute approximate surface area is 149 Å². The second-order valence-corrected chi connectivity index (χ2v) is 6.70. The van der Waals surface area contributed by atoms with Gasteiger partial charge in [-0.2, -0.15) is 4.98 Å². The molecule has 0 bridgehead atoms. The van der Waals surface area contributed by atoms with Crippen LogP contribution in [-0.2, 0) is 20.6 Å². The molecule has 0 aliphatic carbocycles. The molecule has 0 fully saturated rings. The fourth-order valence-corrected chi connectivity index (χ4v) is 3.25. The Hall–Kier alpha value is -3.03. The number of hydrogen-bond acceptors (Lipinski definition) is 5. The van der Waals surface area contributed by atoms with Crippen molar-refractivity contribution in [2.45, 2.75) is 26.5 Å². The highest BCUT2D eigenvalue weighted by molar-refractivity contribution is 5.72. The quantitative estimate of drug-likeness (QED) is 0.696. The third-order valence-corrected chi connectivity index (χ3v) is 4.73. The summed E-state index contributed by atoms with van der Waals surface area (Å²) in [5, 5.41) is 0. The normalized spacial score (nSPS) is 15.9. The van der Waals surface area contributed by atoms with Crippen LogP contribution in [0.25, 0.3) is 11.2 Å². The Kier molecular flexibility index (Phi) is 3.64. The molecule has 136 valence electrons. The van der Waals surface area contributed by atoms with Crippen LogP contribution in [-0.4, -0.2) is 31.4 Å². The molecule has 1 aliphatic heterocycles. The van der Waals surface area contributed by atoms with Crippen molar-refractivity contribution in [3.05, 3.63) is 50.2 Å². The van der Waals surface area contributed by atoms with E-state index in [1.165, 1.54) is 11.6 Å². The molecule has 8 heteroatoms. The van der Waals surface area contributed by atoms with Gasteiger partial charge in [-0.15, -0.1) is 0 Å². The predicted octanol–water partition coefficient (Wildman–Crippen LogP) is 0.891. The molecule has 0 saturated heterocycles. The van der Waals surface area contributed by atoms with Crippen LogP contribution in [0.15, 0.2) is 27.8 Å². The maximum atomic E-state index is 12.3. The first-order valence-electron chi connectivity index (χ1n) is 8.39. The Balaban J connectivity index is 1.61. The van der Waals surface area contributed by atoms with Gasteiger partial charge in [-0.3, -0.25) is 18.5 Å². The summed E-state index contributed by atoms with van der Waals surface area (Å²) in [6.45, 7) is 4.83. The van der Waals surface area contributed by atoms with Crippen LogP contribution in [0.1, 0.15) is 11.1 Å². The van der Waals surface area contributed by atoms with Crippen molar-refractivity contribution in [3.63, 3.8) is 0 Å². The van der Waals surface area contributed by atoms with Crippen LogP contribution < -0.4 is 20.7 Å². The van der Waals surface area contributed by atoms with Gasteiger partial charge in [0.1, 0.15) is 12.4 Å². The Morgan fingerprint density at radius 3 is 2.77 bits per heavy atom. The molecular formula is C18H20N4O4. The molecule has 1 aromatic carbocycles. The number of benzene rings is 1. The van der Waals surface area contributed by atoms with E-state index in [4.69, 9.17) is 9.47 Å². The summed E-state index contributed by atoms with van der Waals surface area (Å²) in [5.74, 6) is 0.823. The van der Waals surface area contributed by atoms with E-state index in [0.717, 1.165) is 21.4 Å². The first-order valence-corrected chi connectivity index (χ1v) is 8.39. The molecule has 4 rings (SSSR count). The summed E-state index contributed by atoms with van der Waals surface area (Å²) in [4.78, 5) is 28.7. The van der Waals surface area contributed by atoms with E-state index in [-0.39, 0.29) is 17.3 Å². The molecule has 8 nitrogen and oxygen atoms in total. The lowest BCUT2D eigenvalue weighted by Gasteiger charge is -2.14. The molecule has 1 unspecified atom stereocenters.